The number of allylic oxidation sites excluding steroid dienone is 1. The van der Waals surface area contributed by atoms with E-state index in [1.165, 1.54) is 39.2 Å². The van der Waals surface area contributed by atoms with Gasteiger partial charge in [-0.3, -0.25) is 9.59 Å². The first-order valence-electron chi connectivity index (χ1n) is 10.8. The molecule has 0 spiro atoms. The largest absolute Gasteiger partial charge is 0.496 e. The molecular formula is C23H27F3N2O5. The minimum absolute atomic E-state index is 0.0280. The van der Waals surface area contributed by atoms with E-state index in [4.69, 9.17) is 9.47 Å². The van der Waals surface area contributed by atoms with E-state index in [1.54, 1.807) is 6.07 Å². The molecule has 7 nitrogen and oxygen atoms in total. The van der Waals surface area contributed by atoms with Crippen molar-refractivity contribution in [3.05, 3.63) is 41.1 Å². The standard InChI is InChI=1S/C23H27F3N2O5/c1-4-33-20(30)18-14(2)28(15-10-6-5-7-11-15)21(31)22(18,23(24,25)26)27-19(29)16-12-8-9-13-17(16)32-3/h8-9,12-13,15H,4-7,10-11H2,1-3H3,(H,27,29)/t22-/m1/s1. The molecule has 1 aliphatic heterocycles. The molecule has 0 radical (unpaired) electrons. The van der Waals surface area contributed by atoms with Crippen molar-refractivity contribution < 1.29 is 37.0 Å². The van der Waals surface area contributed by atoms with Gasteiger partial charge in [-0.1, -0.05) is 31.4 Å². The molecule has 10 heteroatoms. The molecule has 1 N–H and O–H groups in total. The number of rotatable bonds is 6. The minimum atomic E-state index is -5.31. The second-order valence-corrected chi connectivity index (χ2v) is 8.05. The van der Waals surface area contributed by atoms with Crippen LogP contribution in [0.3, 0.4) is 0 Å². The van der Waals surface area contributed by atoms with E-state index in [2.05, 4.69) is 0 Å². The summed E-state index contributed by atoms with van der Waals surface area (Å²) < 4.78 is 54.3. The zero-order chi connectivity index (χ0) is 24.4. The van der Waals surface area contributed by atoms with Gasteiger partial charge in [-0.25, -0.2) is 4.79 Å². The molecule has 1 fully saturated rings. The van der Waals surface area contributed by atoms with E-state index in [1.807, 2.05) is 5.32 Å². The molecule has 1 atom stereocenters. The molecule has 0 saturated heterocycles. The highest BCUT2D eigenvalue weighted by Crippen LogP contribution is 2.47. The van der Waals surface area contributed by atoms with Crippen molar-refractivity contribution in [2.75, 3.05) is 13.7 Å². The van der Waals surface area contributed by atoms with Crippen LogP contribution in [0.2, 0.25) is 0 Å². The molecule has 1 aromatic carbocycles. The Labute approximate surface area is 189 Å². The lowest BCUT2D eigenvalue weighted by Crippen LogP contribution is -2.66. The fourth-order valence-corrected chi connectivity index (χ4v) is 4.63. The summed E-state index contributed by atoms with van der Waals surface area (Å²) in [5, 5.41) is 1.87. The molecule has 1 aliphatic carbocycles. The maximum atomic E-state index is 14.8. The second kappa shape index (κ2) is 9.44. The predicted octanol–water partition coefficient (Wildman–Crippen LogP) is 3.74. The molecule has 3 rings (SSSR count). The van der Waals surface area contributed by atoms with Crippen LogP contribution < -0.4 is 10.1 Å². The molecule has 2 amide bonds. The minimum Gasteiger partial charge on any atom is -0.496 e. The number of methoxy groups -OCH3 is 1. The van der Waals surface area contributed by atoms with E-state index in [9.17, 15) is 27.6 Å². The maximum Gasteiger partial charge on any atom is 0.425 e. The molecule has 1 aromatic rings. The first-order chi connectivity index (χ1) is 15.6. The number of amides is 2. The molecule has 33 heavy (non-hydrogen) atoms. The van der Waals surface area contributed by atoms with Gasteiger partial charge in [-0.05, 0) is 38.8 Å². The number of esters is 1. The van der Waals surface area contributed by atoms with Gasteiger partial charge in [0, 0.05) is 11.7 Å². The van der Waals surface area contributed by atoms with E-state index < -0.39 is 41.1 Å². The van der Waals surface area contributed by atoms with Gasteiger partial charge in [0.25, 0.3) is 17.4 Å². The number of hydrogen-bond acceptors (Lipinski definition) is 5. The third kappa shape index (κ3) is 4.18. The quantitative estimate of drug-likeness (QED) is 0.643. The average molecular weight is 468 g/mol. The Morgan fingerprint density at radius 2 is 1.82 bits per heavy atom. The van der Waals surface area contributed by atoms with Gasteiger partial charge in [0.1, 0.15) is 11.3 Å². The van der Waals surface area contributed by atoms with Crippen molar-refractivity contribution in [2.24, 2.45) is 0 Å². The summed E-state index contributed by atoms with van der Waals surface area (Å²) in [5.74, 6) is -3.86. The Balaban J connectivity index is 2.17. The maximum absolute atomic E-state index is 14.8. The number of carbonyl (C=O) groups is 3. The topological polar surface area (TPSA) is 84.9 Å². The summed E-state index contributed by atoms with van der Waals surface area (Å²) in [6.45, 7) is 2.55. The zero-order valence-electron chi connectivity index (χ0n) is 18.8. The Bertz CT molecular complexity index is 969. The van der Waals surface area contributed by atoms with Crippen molar-refractivity contribution in [2.45, 2.75) is 63.7 Å². The van der Waals surface area contributed by atoms with Crippen LogP contribution in [0.15, 0.2) is 35.5 Å². The van der Waals surface area contributed by atoms with Crippen LogP contribution in [0.4, 0.5) is 13.2 Å². The summed E-state index contributed by atoms with van der Waals surface area (Å²) in [4.78, 5) is 40.4. The van der Waals surface area contributed by atoms with E-state index >= 15 is 0 Å². The number of alkyl halides is 3. The van der Waals surface area contributed by atoms with Crippen LogP contribution >= 0.6 is 0 Å². The second-order valence-electron chi connectivity index (χ2n) is 8.05. The first kappa shape index (κ1) is 24.6. The van der Waals surface area contributed by atoms with Crippen LogP contribution in [0.5, 0.6) is 5.75 Å². The first-order valence-corrected chi connectivity index (χ1v) is 10.8. The number of halogens is 3. The Morgan fingerprint density at radius 1 is 1.18 bits per heavy atom. The molecule has 0 bridgehead atoms. The SMILES string of the molecule is CCOC(=O)C1=C(C)N(C2CCCCC2)C(=O)[C@@]1(NC(=O)c1ccccc1OC)C(F)(F)F. The van der Waals surface area contributed by atoms with Gasteiger partial charge in [0.2, 0.25) is 0 Å². The van der Waals surface area contributed by atoms with Crippen LogP contribution in [-0.2, 0) is 14.3 Å². The number of nitrogens with zero attached hydrogens (tertiary/aromatic N) is 1. The average Bonchev–Trinajstić information content (AvgIpc) is 3.01. The monoisotopic (exact) mass is 468 g/mol. The van der Waals surface area contributed by atoms with Gasteiger partial charge >= 0.3 is 12.1 Å². The van der Waals surface area contributed by atoms with Gasteiger partial charge in [0.15, 0.2) is 0 Å². The third-order valence-electron chi connectivity index (χ3n) is 6.13. The fourth-order valence-electron chi connectivity index (χ4n) is 4.63. The molecule has 1 saturated carbocycles. The summed E-state index contributed by atoms with van der Waals surface area (Å²) in [7, 11) is 1.27. The third-order valence-corrected chi connectivity index (χ3v) is 6.13. The lowest BCUT2D eigenvalue weighted by atomic mass is 9.88. The summed E-state index contributed by atoms with van der Waals surface area (Å²) in [6, 6.07) is 5.19. The lowest BCUT2D eigenvalue weighted by molar-refractivity contribution is -0.193. The van der Waals surface area contributed by atoms with Crippen LogP contribution in [0.1, 0.15) is 56.3 Å². The molecule has 2 aliphatic rings. The summed E-state index contributed by atoms with van der Waals surface area (Å²) >= 11 is 0. The fraction of sp³-hybridized carbons (Fsp3) is 0.522. The van der Waals surface area contributed by atoms with Crippen molar-refractivity contribution in [1.29, 1.82) is 0 Å². The van der Waals surface area contributed by atoms with Gasteiger partial charge in [0.05, 0.1) is 19.3 Å². The van der Waals surface area contributed by atoms with Crippen LogP contribution in [0, 0.1) is 0 Å². The number of carbonyl (C=O) groups excluding carboxylic acids is 3. The van der Waals surface area contributed by atoms with Crippen molar-refractivity contribution in [3.8, 4) is 5.75 Å². The Kier molecular flexibility index (Phi) is 7.04. The number of hydrogen-bond donors (Lipinski definition) is 1. The summed E-state index contributed by atoms with van der Waals surface area (Å²) in [5.41, 5.74) is -4.83. The van der Waals surface area contributed by atoms with E-state index in [0.29, 0.717) is 12.8 Å². The van der Waals surface area contributed by atoms with Gasteiger partial charge in [-0.2, -0.15) is 13.2 Å². The Hall–Kier alpha value is -3.04. The summed E-state index contributed by atoms with van der Waals surface area (Å²) in [6.07, 6.45) is -1.87. The van der Waals surface area contributed by atoms with Crippen molar-refractivity contribution in [3.63, 3.8) is 0 Å². The van der Waals surface area contributed by atoms with E-state index in [0.717, 1.165) is 24.2 Å². The zero-order valence-corrected chi connectivity index (χ0v) is 18.8. The molecule has 180 valence electrons. The molecule has 1 heterocycles. The lowest BCUT2D eigenvalue weighted by Gasteiger charge is -2.36. The van der Waals surface area contributed by atoms with Crippen LogP contribution in [0.25, 0.3) is 0 Å². The van der Waals surface area contributed by atoms with Crippen LogP contribution in [-0.4, -0.2) is 54.2 Å². The molecule has 0 unspecified atom stereocenters. The van der Waals surface area contributed by atoms with Gasteiger partial charge < -0.3 is 19.7 Å². The number of nitrogens with one attached hydrogen (secondary N) is 1. The number of benzene rings is 1. The highest BCUT2D eigenvalue weighted by molar-refractivity contribution is 6.12. The molecule has 0 aromatic heterocycles. The highest BCUT2D eigenvalue weighted by atomic mass is 19.4. The van der Waals surface area contributed by atoms with Crippen molar-refractivity contribution in [1.82, 2.24) is 10.2 Å². The van der Waals surface area contributed by atoms with E-state index in [-0.39, 0.29) is 23.6 Å². The van der Waals surface area contributed by atoms with Gasteiger partial charge in [-0.15, -0.1) is 0 Å². The smallest absolute Gasteiger partial charge is 0.425 e. The molecular weight excluding hydrogens is 441 g/mol. The van der Waals surface area contributed by atoms with Crippen molar-refractivity contribution >= 4 is 17.8 Å². The number of para-hydroxylation sites is 1. The number of ether oxygens (including phenoxy) is 2. The highest BCUT2D eigenvalue weighted by Gasteiger charge is 2.71. The predicted molar refractivity (Wildman–Crippen MR) is 112 cm³/mol. The Morgan fingerprint density at radius 3 is 2.39 bits per heavy atom. The normalized spacial score (nSPS) is 21.9.